The minimum absolute atomic E-state index is 0.00904. The normalized spacial score (nSPS) is 17.5. The van der Waals surface area contributed by atoms with E-state index in [-0.39, 0.29) is 11.4 Å². The van der Waals surface area contributed by atoms with E-state index in [2.05, 4.69) is 9.97 Å². The molecule has 0 aliphatic carbocycles. The molecule has 2 heterocycles. The number of hydrogen-bond acceptors (Lipinski definition) is 2. The van der Waals surface area contributed by atoms with E-state index in [9.17, 15) is 8.78 Å². The van der Waals surface area contributed by atoms with Crippen molar-refractivity contribution in [3.05, 3.63) is 59.4 Å². The van der Waals surface area contributed by atoms with Crippen LogP contribution in [0.15, 0.2) is 36.4 Å². The van der Waals surface area contributed by atoms with Crippen LogP contribution in [-0.2, 0) is 6.42 Å². The van der Waals surface area contributed by atoms with E-state index in [4.69, 9.17) is 4.74 Å². The molecule has 2 aromatic carbocycles. The Morgan fingerprint density at radius 2 is 2.05 bits per heavy atom. The van der Waals surface area contributed by atoms with E-state index < -0.39 is 11.6 Å². The molecule has 5 heteroatoms. The predicted octanol–water partition coefficient (Wildman–Crippen LogP) is 3.56. The quantitative estimate of drug-likeness (QED) is 0.742. The van der Waals surface area contributed by atoms with Crippen molar-refractivity contribution in [1.82, 2.24) is 9.97 Å². The summed E-state index contributed by atoms with van der Waals surface area (Å²) in [6.07, 6.45) is 0.764. The van der Waals surface area contributed by atoms with Gasteiger partial charge in [-0.05, 0) is 24.1 Å². The summed E-state index contributed by atoms with van der Waals surface area (Å²) < 4.78 is 32.7. The molecular formula is C16H12F2N2O. The average molecular weight is 286 g/mol. The number of fused-ring (bicyclic) bond motifs is 2. The fraction of sp³-hybridized carbons (Fsp3) is 0.188. The Morgan fingerprint density at radius 3 is 2.95 bits per heavy atom. The molecule has 0 saturated heterocycles. The molecule has 1 aliphatic rings. The third-order valence-corrected chi connectivity index (χ3v) is 3.79. The topological polar surface area (TPSA) is 37.9 Å². The van der Waals surface area contributed by atoms with Gasteiger partial charge >= 0.3 is 0 Å². The van der Waals surface area contributed by atoms with E-state index in [1.807, 2.05) is 24.3 Å². The van der Waals surface area contributed by atoms with Crippen molar-refractivity contribution in [3.63, 3.8) is 0 Å². The Morgan fingerprint density at radius 1 is 1.19 bits per heavy atom. The van der Waals surface area contributed by atoms with Gasteiger partial charge in [0.25, 0.3) is 0 Å². The van der Waals surface area contributed by atoms with Crippen molar-refractivity contribution in [3.8, 4) is 5.75 Å². The summed E-state index contributed by atoms with van der Waals surface area (Å²) in [5, 5.41) is 0. The number of ether oxygens (including phenoxy) is 1. The van der Waals surface area contributed by atoms with Crippen LogP contribution >= 0.6 is 0 Å². The average Bonchev–Trinajstić information content (AvgIpc) is 2.91. The van der Waals surface area contributed by atoms with Crippen LogP contribution in [0, 0.1) is 11.6 Å². The Bertz CT molecular complexity index is 828. The lowest BCUT2D eigenvalue weighted by atomic mass is 9.96. The molecule has 4 rings (SSSR count). The molecule has 0 amide bonds. The minimum Gasteiger partial charge on any atom is -0.493 e. The number of nitrogens with one attached hydrogen (secondary N) is 1. The van der Waals surface area contributed by atoms with Crippen molar-refractivity contribution in [2.24, 2.45) is 0 Å². The number of imidazole rings is 1. The van der Waals surface area contributed by atoms with Crippen molar-refractivity contribution >= 4 is 11.0 Å². The van der Waals surface area contributed by atoms with Gasteiger partial charge in [-0.3, -0.25) is 0 Å². The molecule has 0 radical (unpaired) electrons. The Kier molecular flexibility index (Phi) is 2.67. The maximum absolute atomic E-state index is 13.7. The fourth-order valence-electron chi connectivity index (χ4n) is 2.76. The number of nitrogens with zero attached hydrogens (tertiary/aromatic N) is 1. The molecule has 0 fully saturated rings. The first kappa shape index (κ1) is 12.3. The predicted molar refractivity (Wildman–Crippen MR) is 74.4 cm³/mol. The second-order valence-electron chi connectivity index (χ2n) is 5.23. The summed E-state index contributed by atoms with van der Waals surface area (Å²) in [6.45, 7) is 0.473. The number of aromatic nitrogens is 2. The smallest absolute Gasteiger partial charge is 0.153 e. The minimum atomic E-state index is -0.648. The second kappa shape index (κ2) is 4.55. The van der Waals surface area contributed by atoms with Crippen molar-refractivity contribution in [2.45, 2.75) is 12.3 Å². The number of hydrogen-bond donors (Lipinski definition) is 1. The van der Waals surface area contributed by atoms with E-state index in [1.54, 1.807) is 0 Å². The van der Waals surface area contributed by atoms with Crippen LogP contribution in [0.3, 0.4) is 0 Å². The van der Waals surface area contributed by atoms with Gasteiger partial charge in [0.15, 0.2) is 5.82 Å². The van der Waals surface area contributed by atoms with E-state index in [0.717, 1.165) is 23.8 Å². The van der Waals surface area contributed by atoms with Gasteiger partial charge in [0, 0.05) is 6.07 Å². The number of para-hydroxylation sites is 1. The largest absolute Gasteiger partial charge is 0.493 e. The van der Waals surface area contributed by atoms with Crippen LogP contribution in [-0.4, -0.2) is 16.6 Å². The molecule has 106 valence electrons. The number of aromatic amines is 1. The van der Waals surface area contributed by atoms with Crippen LogP contribution in [0.2, 0.25) is 0 Å². The third kappa shape index (κ3) is 2.05. The maximum Gasteiger partial charge on any atom is 0.153 e. The molecule has 3 aromatic rings. The zero-order valence-electron chi connectivity index (χ0n) is 11.1. The second-order valence-corrected chi connectivity index (χ2v) is 5.23. The zero-order valence-corrected chi connectivity index (χ0v) is 11.1. The highest BCUT2D eigenvalue weighted by atomic mass is 19.1. The molecule has 1 unspecified atom stereocenters. The highest BCUT2D eigenvalue weighted by molar-refractivity contribution is 5.76. The van der Waals surface area contributed by atoms with Crippen LogP contribution in [0.1, 0.15) is 17.3 Å². The number of H-pyrrole nitrogens is 1. The summed E-state index contributed by atoms with van der Waals surface area (Å²) in [4.78, 5) is 7.28. The summed E-state index contributed by atoms with van der Waals surface area (Å²) >= 11 is 0. The van der Waals surface area contributed by atoms with Crippen LogP contribution in [0.4, 0.5) is 8.78 Å². The molecule has 3 nitrogen and oxygen atoms in total. The lowest BCUT2D eigenvalue weighted by Gasteiger charge is -2.23. The van der Waals surface area contributed by atoms with E-state index in [1.165, 1.54) is 6.07 Å². The van der Waals surface area contributed by atoms with Crippen LogP contribution in [0.25, 0.3) is 11.0 Å². The molecular weight excluding hydrogens is 274 g/mol. The van der Waals surface area contributed by atoms with E-state index >= 15 is 0 Å². The number of rotatable bonds is 1. The first-order chi connectivity index (χ1) is 10.2. The Balaban J connectivity index is 1.73. The highest BCUT2D eigenvalue weighted by Gasteiger charge is 2.24. The van der Waals surface area contributed by atoms with Gasteiger partial charge in [-0.25, -0.2) is 13.8 Å². The zero-order chi connectivity index (χ0) is 14.4. The molecule has 1 aliphatic heterocycles. The maximum atomic E-state index is 13.7. The number of halogens is 2. The van der Waals surface area contributed by atoms with E-state index in [0.29, 0.717) is 17.9 Å². The van der Waals surface area contributed by atoms with Crippen molar-refractivity contribution < 1.29 is 13.5 Å². The lowest BCUT2D eigenvalue weighted by Crippen LogP contribution is -2.20. The Hall–Kier alpha value is -2.43. The molecule has 0 spiro atoms. The molecule has 1 N–H and O–H groups in total. The number of benzene rings is 2. The summed E-state index contributed by atoms with van der Waals surface area (Å²) in [5.74, 6) is 0.255. The van der Waals surface area contributed by atoms with Gasteiger partial charge in [0.2, 0.25) is 0 Å². The molecule has 0 saturated carbocycles. The van der Waals surface area contributed by atoms with Crippen LogP contribution < -0.4 is 4.74 Å². The monoisotopic (exact) mass is 286 g/mol. The van der Waals surface area contributed by atoms with Crippen molar-refractivity contribution in [1.29, 1.82) is 0 Å². The third-order valence-electron chi connectivity index (χ3n) is 3.79. The summed E-state index contributed by atoms with van der Waals surface area (Å²) in [7, 11) is 0. The molecule has 1 atom stereocenters. The lowest BCUT2D eigenvalue weighted by molar-refractivity contribution is 0.258. The molecule has 0 bridgehead atoms. The molecule has 1 aromatic heterocycles. The Labute approximate surface area is 119 Å². The highest BCUT2D eigenvalue weighted by Crippen LogP contribution is 2.32. The van der Waals surface area contributed by atoms with Gasteiger partial charge in [-0.1, -0.05) is 18.2 Å². The molecule has 21 heavy (non-hydrogen) atoms. The fourth-order valence-corrected chi connectivity index (χ4v) is 2.76. The summed E-state index contributed by atoms with van der Waals surface area (Å²) in [6, 6.07) is 9.92. The SMILES string of the molecule is Fc1cc(F)c2nc(C3COc4ccccc4C3)[nH]c2c1. The van der Waals surface area contributed by atoms with Gasteiger partial charge in [0.1, 0.15) is 22.9 Å². The van der Waals surface area contributed by atoms with Crippen molar-refractivity contribution in [2.75, 3.05) is 6.61 Å². The summed E-state index contributed by atoms with van der Waals surface area (Å²) in [5.41, 5.74) is 1.65. The first-order valence-corrected chi connectivity index (χ1v) is 6.76. The van der Waals surface area contributed by atoms with Gasteiger partial charge < -0.3 is 9.72 Å². The van der Waals surface area contributed by atoms with Gasteiger partial charge in [0.05, 0.1) is 18.0 Å². The van der Waals surface area contributed by atoms with Crippen LogP contribution in [0.5, 0.6) is 5.75 Å². The standard InChI is InChI=1S/C16H12F2N2O/c17-11-6-12(18)15-13(7-11)19-16(20-15)10-5-9-3-1-2-4-14(9)21-8-10/h1-4,6-7,10H,5,8H2,(H,19,20). The first-order valence-electron chi connectivity index (χ1n) is 6.76. The van der Waals surface area contributed by atoms with Gasteiger partial charge in [-0.15, -0.1) is 0 Å². The van der Waals surface area contributed by atoms with Gasteiger partial charge in [-0.2, -0.15) is 0 Å².